The summed E-state index contributed by atoms with van der Waals surface area (Å²) in [5, 5.41) is 5.26. The number of nitrogens with one attached hydrogen (secondary N) is 1. The number of hydrogen-bond donors (Lipinski definition) is 1. The van der Waals surface area contributed by atoms with Crippen LogP contribution in [0.1, 0.15) is 20.9 Å². The zero-order valence-corrected chi connectivity index (χ0v) is 10.1. The lowest BCUT2D eigenvalue weighted by atomic mass is 10.1. The molecule has 88 valence electrons. The fourth-order valence-corrected chi connectivity index (χ4v) is 1.97. The van der Waals surface area contributed by atoms with Gasteiger partial charge in [-0.1, -0.05) is 12.1 Å². The number of halogens is 1. The summed E-state index contributed by atoms with van der Waals surface area (Å²) in [6.45, 7) is 1.96. The monoisotopic (exact) mass is 250 g/mol. The number of aromatic nitrogens is 1. The van der Waals surface area contributed by atoms with Gasteiger partial charge in [-0.05, 0) is 18.6 Å². The second-order valence-electron chi connectivity index (χ2n) is 3.54. The largest absolute Gasteiger partial charge is 0.345 e. The Morgan fingerprint density at radius 3 is 3.06 bits per heavy atom. The van der Waals surface area contributed by atoms with Crippen LogP contribution in [0, 0.1) is 12.7 Å². The van der Waals surface area contributed by atoms with E-state index in [1.54, 1.807) is 25.3 Å². The third-order valence-corrected chi connectivity index (χ3v) is 3.10. The lowest BCUT2D eigenvalue weighted by Crippen LogP contribution is -2.24. The smallest absolute Gasteiger partial charge is 0.254 e. The Kier molecular flexibility index (Phi) is 3.49. The number of hydrogen-bond acceptors (Lipinski definition) is 3. The van der Waals surface area contributed by atoms with E-state index in [9.17, 15) is 9.18 Å². The van der Waals surface area contributed by atoms with Crippen LogP contribution in [0.3, 0.4) is 0 Å². The van der Waals surface area contributed by atoms with Crippen molar-refractivity contribution in [2.24, 2.45) is 0 Å². The molecule has 0 unspecified atom stereocenters. The van der Waals surface area contributed by atoms with Gasteiger partial charge in [-0.2, -0.15) is 0 Å². The lowest BCUT2D eigenvalue weighted by molar-refractivity contribution is 0.0946. The van der Waals surface area contributed by atoms with Crippen LogP contribution in [0.5, 0.6) is 0 Å². The minimum Gasteiger partial charge on any atom is -0.345 e. The van der Waals surface area contributed by atoms with Crippen molar-refractivity contribution in [2.75, 3.05) is 0 Å². The number of nitrogens with zero attached hydrogens (tertiary/aromatic N) is 1. The van der Waals surface area contributed by atoms with Gasteiger partial charge in [0.25, 0.3) is 5.91 Å². The first kappa shape index (κ1) is 11.7. The van der Waals surface area contributed by atoms with Gasteiger partial charge < -0.3 is 5.32 Å². The Hall–Kier alpha value is -1.75. The molecule has 0 aliphatic carbocycles. The summed E-state index contributed by atoms with van der Waals surface area (Å²) in [5.41, 5.74) is 0.536. The summed E-state index contributed by atoms with van der Waals surface area (Å²) in [6, 6.07) is 4.77. The zero-order chi connectivity index (χ0) is 12.3. The second kappa shape index (κ2) is 5.05. The van der Waals surface area contributed by atoms with E-state index in [1.807, 2.05) is 5.38 Å². The second-order valence-corrected chi connectivity index (χ2v) is 4.52. The van der Waals surface area contributed by atoms with Crippen LogP contribution in [0.25, 0.3) is 0 Å². The topological polar surface area (TPSA) is 42.0 Å². The molecule has 0 saturated carbocycles. The van der Waals surface area contributed by atoms with Crippen LogP contribution in [-0.2, 0) is 6.54 Å². The highest BCUT2D eigenvalue weighted by atomic mass is 32.1. The fourth-order valence-electron chi connectivity index (χ4n) is 1.41. The third kappa shape index (κ3) is 2.68. The van der Waals surface area contributed by atoms with Gasteiger partial charge in [-0.25, -0.2) is 9.37 Å². The molecule has 0 bridgehead atoms. The molecule has 2 rings (SSSR count). The van der Waals surface area contributed by atoms with Crippen LogP contribution in [0.15, 0.2) is 29.8 Å². The van der Waals surface area contributed by atoms with Crippen LogP contribution in [0.2, 0.25) is 0 Å². The Morgan fingerprint density at radius 1 is 1.53 bits per heavy atom. The van der Waals surface area contributed by atoms with Crippen molar-refractivity contribution in [3.63, 3.8) is 0 Å². The normalized spacial score (nSPS) is 10.2. The number of carbonyl (C=O) groups excluding carboxylic acids is 1. The number of aryl methyl sites for hydroxylation is 1. The number of thiazole rings is 1. The Labute approximate surface area is 102 Å². The van der Waals surface area contributed by atoms with Gasteiger partial charge in [0.2, 0.25) is 0 Å². The molecule has 5 heteroatoms. The molecule has 17 heavy (non-hydrogen) atoms. The van der Waals surface area contributed by atoms with E-state index < -0.39 is 11.7 Å². The number of amides is 1. The van der Waals surface area contributed by atoms with E-state index in [1.165, 1.54) is 17.4 Å². The van der Waals surface area contributed by atoms with Gasteiger partial charge in [0, 0.05) is 11.6 Å². The standard InChI is InChI=1S/C12H11FN2OS/c1-8-3-2-4-9(11(8)13)12(16)15-7-10-14-5-6-17-10/h2-6H,7H2,1H3,(H,15,16). The van der Waals surface area contributed by atoms with Crippen molar-refractivity contribution in [1.82, 2.24) is 10.3 Å². The molecule has 3 nitrogen and oxygen atoms in total. The zero-order valence-electron chi connectivity index (χ0n) is 9.24. The first-order chi connectivity index (χ1) is 8.18. The van der Waals surface area contributed by atoms with E-state index in [0.29, 0.717) is 12.1 Å². The van der Waals surface area contributed by atoms with E-state index in [0.717, 1.165) is 5.01 Å². The van der Waals surface area contributed by atoms with Crippen molar-refractivity contribution in [1.29, 1.82) is 0 Å². The number of carbonyl (C=O) groups is 1. The van der Waals surface area contributed by atoms with Gasteiger partial charge >= 0.3 is 0 Å². The molecule has 1 N–H and O–H groups in total. The molecule has 0 aliphatic heterocycles. The average Bonchev–Trinajstić information content (AvgIpc) is 2.82. The molecule has 1 aromatic carbocycles. The summed E-state index contributed by atoms with van der Waals surface area (Å²) in [6.07, 6.45) is 1.67. The quantitative estimate of drug-likeness (QED) is 0.909. The highest BCUT2D eigenvalue weighted by Gasteiger charge is 2.12. The van der Waals surface area contributed by atoms with Gasteiger partial charge in [0.05, 0.1) is 12.1 Å². The minimum absolute atomic E-state index is 0.0709. The number of benzene rings is 1. The summed E-state index contributed by atoms with van der Waals surface area (Å²) in [5.74, 6) is -0.884. The predicted molar refractivity (Wildman–Crippen MR) is 64.4 cm³/mol. The van der Waals surface area contributed by atoms with E-state index in [4.69, 9.17) is 0 Å². The van der Waals surface area contributed by atoms with E-state index in [-0.39, 0.29) is 5.56 Å². The van der Waals surface area contributed by atoms with E-state index >= 15 is 0 Å². The fraction of sp³-hybridized carbons (Fsp3) is 0.167. The summed E-state index contributed by atoms with van der Waals surface area (Å²) >= 11 is 1.45. The molecule has 0 aliphatic rings. The maximum absolute atomic E-state index is 13.6. The van der Waals surface area contributed by atoms with Crippen LogP contribution in [-0.4, -0.2) is 10.9 Å². The minimum atomic E-state index is -0.468. The molecule has 0 fully saturated rings. The maximum atomic E-state index is 13.6. The molecule has 0 saturated heterocycles. The maximum Gasteiger partial charge on any atom is 0.254 e. The van der Waals surface area contributed by atoms with Crippen LogP contribution >= 0.6 is 11.3 Å². The Morgan fingerprint density at radius 2 is 2.35 bits per heavy atom. The van der Waals surface area contributed by atoms with Crippen LogP contribution < -0.4 is 5.32 Å². The predicted octanol–water partition coefficient (Wildman–Crippen LogP) is 2.52. The molecule has 1 heterocycles. The first-order valence-corrected chi connectivity index (χ1v) is 5.98. The van der Waals surface area contributed by atoms with Gasteiger partial charge in [0.1, 0.15) is 10.8 Å². The average molecular weight is 250 g/mol. The van der Waals surface area contributed by atoms with Crippen molar-refractivity contribution in [3.8, 4) is 0 Å². The Bertz CT molecular complexity index is 525. The molecular weight excluding hydrogens is 239 g/mol. The van der Waals surface area contributed by atoms with Gasteiger partial charge in [-0.3, -0.25) is 4.79 Å². The summed E-state index contributed by atoms with van der Waals surface area (Å²) in [4.78, 5) is 15.8. The Balaban J connectivity index is 2.07. The van der Waals surface area contributed by atoms with Gasteiger partial charge in [0.15, 0.2) is 0 Å². The molecular formula is C12H11FN2OS. The van der Waals surface area contributed by atoms with E-state index in [2.05, 4.69) is 10.3 Å². The van der Waals surface area contributed by atoms with Crippen molar-refractivity contribution < 1.29 is 9.18 Å². The molecule has 0 atom stereocenters. The van der Waals surface area contributed by atoms with Gasteiger partial charge in [-0.15, -0.1) is 11.3 Å². The SMILES string of the molecule is Cc1cccc(C(=O)NCc2nccs2)c1F. The highest BCUT2D eigenvalue weighted by Crippen LogP contribution is 2.12. The van der Waals surface area contributed by atoms with Crippen molar-refractivity contribution in [2.45, 2.75) is 13.5 Å². The highest BCUT2D eigenvalue weighted by molar-refractivity contribution is 7.09. The molecule has 2 aromatic rings. The van der Waals surface area contributed by atoms with Crippen molar-refractivity contribution in [3.05, 3.63) is 51.7 Å². The third-order valence-electron chi connectivity index (χ3n) is 2.32. The lowest BCUT2D eigenvalue weighted by Gasteiger charge is -2.05. The molecule has 0 spiro atoms. The molecule has 0 radical (unpaired) electrons. The summed E-state index contributed by atoms with van der Waals surface area (Å²) in [7, 11) is 0. The summed E-state index contributed by atoms with van der Waals surface area (Å²) < 4.78 is 13.6. The number of rotatable bonds is 3. The first-order valence-electron chi connectivity index (χ1n) is 5.10. The molecule has 1 amide bonds. The van der Waals surface area contributed by atoms with Crippen molar-refractivity contribution >= 4 is 17.2 Å². The van der Waals surface area contributed by atoms with Crippen LogP contribution in [0.4, 0.5) is 4.39 Å². The molecule has 1 aromatic heterocycles.